The minimum absolute atomic E-state index is 0.0248. The lowest BCUT2D eigenvalue weighted by Crippen LogP contribution is -2.30. The number of likely N-dealkylation sites (N-methyl/N-ethyl adjacent to an activating group) is 1. The average Bonchev–Trinajstić information content (AvgIpc) is 3.21. The van der Waals surface area contributed by atoms with E-state index >= 15 is 0 Å². The SMILES string of the molecule is Cc1nc(C2CCCN(C)C2)sc1C(=O)N(C)c1cn(C)c2ccccc12. The van der Waals surface area contributed by atoms with Crippen molar-refractivity contribution in [2.45, 2.75) is 25.7 Å². The fourth-order valence-electron chi connectivity index (χ4n) is 4.01. The van der Waals surface area contributed by atoms with Gasteiger partial charge < -0.3 is 14.4 Å². The Morgan fingerprint density at radius 1 is 1.30 bits per heavy atom. The van der Waals surface area contributed by atoms with E-state index in [1.54, 1.807) is 16.2 Å². The van der Waals surface area contributed by atoms with Crippen molar-refractivity contribution in [3.05, 3.63) is 46.0 Å². The van der Waals surface area contributed by atoms with Crippen molar-refractivity contribution in [1.82, 2.24) is 14.5 Å². The van der Waals surface area contributed by atoms with Crippen LogP contribution in [0.3, 0.4) is 0 Å². The molecule has 1 unspecified atom stereocenters. The second kappa shape index (κ2) is 7.09. The first-order valence-corrected chi connectivity index (χ1v) is 10.3. The number of benzene rings is 1. The van der Waals surface area contributed by atoms with Crippen LogP contribution in [0.15, 0.2) is 30.5 Å². The predicted octanol–water partition coefficient (Wildman–Crippen LogP) is 4.03. The third-order valence-electron chi connectivity index (χ3n) is 5.52. The molecule has 0 saturated carbocycles. The lowest BCUT2D eigenvalue weighted by atomic mass is 9.99. The van der Waals surface area contributed by atoms with Gasteiger partial charge in [0.05, 0.1) is 16.4 Å². The summed E-state index contributed by atoms with van der Waals surface area (Å²) in [5, 5.41) is 2.20. The third-order valence-corrected chi connectivity index (χ3v) is 6.83. The highest BCUT2D eigenvalue weighted by Crippen LogP contribution is 2.34. The summed E-state index contributed by atoms with van der Waals surface area (Å²) in [7, 11) is 6.03. The number of carbonyl (C=O) groups excluding carboxylic acids is 1. The lowest BCUT2D eigenvalue weighted by Gasteiger charge is -2.28. The highest BCUT2D eigenvalue weighted by atomic mass is 32.1. The molecule has 142 valence electrons. The molecular weight excluding hydrogens is 356 g/mol. The summed E-state index contributed by atoms with van der Waals surface area (Å²) < 4.78 is 2.07. The van der Waals surface area contributed by atoms with Gasteiger partial charge in [0, 0.05) is 43.7 Å². The van der Waals surface area contributed by atoms with Gasteiger partial charge >= 0.3 is 0 Å². The van der Waals surface area contributed by atoms with E-state index in [2.05, 4.69) is 28.6 Å². The monoisotopic (exact) mass is 382 g/mol. The molecule has 0 bridgehead atoms. The minimum atomic E-state index is 0.0248. The van der Waals surface area contributed by atoms with E-state index in [0.29, 0.717) is 5.92 Å². The molecule has 1 amide bonds. The van der Waals surface area contributed by atoms with Gasteiger partial charge in [-0.05, 0) is 39.4 Å². The van der Waals surface area contributed by atoms with Crippen LogP contribution in [0.5, 0.6) is 0 Å². The molecule has 1 fully saturated rings. The molecule has 4 rings (SSSR count). The molecule has 1 atom stereocenters. The van der Waals surface area contributed by atoms with Gasteiger partial charge in [-0.2, -0.15) is 0 Å². The zero-order valence-corrected chi connectivity index (χ0v) is 17.2. The number of piperidine rings is 1. The maximum absolute atomic E-state index is 13.3. The summed E-state index contributed by atoms with van der Waals surface area (Å²) in [5.41, 5.74) is 2.91. The van der Waals surface area contributed by atoms with Crippen LogP contribution in [0.1, 0.15) is 39.1 Å². The zero-order valence-electron chi connectivity index (χ0n) is 16.4. The molecule has 3 aromatic rings. The number of hydrogen-bond acceptors (Lipinski definition) is 4. The van der Waals surface area contributed by atoms with E-state index in [1.165, 1.54) is 6.42 Å². The summed E-state index contributed by atoms with van der Waals surface area (Å²) >= 11 is 1.58. The largest absolute Gasteiger partial charge is 0.348 e. The van der Waals surface area contributed by atoms with Crippen molar-refractivity contribution >= 4 is 33.8 Å². The number of amides is 1. The van der Waals surface area contributed by atoms with E-state index in [0.717, 1.165) is 51.7 Å². The van der Waals surface area contributed by atoms with Crippen LogP contribution < -0.4 is 4.90 Å². The Kier molecular flexibility index (Phi) is 4.78. The molecule has 0 aliphatic carbocycles. The van der Waals surface area contributed by atoms with Gasteiger partial charge in [-0.25, -0.2) is 4.98 Å². The standard InChI is InChI=1S/C21H26N4OS/c1-14-19(27-20(22-14)15-8-7-11-23(2)12-15)21(26)25(4)18-13-24(3)17-10-6-5-9-16(17)18/h5-6,9-10,13,15H,7-8,11-12H2,1-4H3. The second-order valence-corrected chi connectivity index (χ2v) is 8.61. The quantitative estimate of drug-likeness (QED) is 0.687. The van der Waals surface area contributed by atoms with Crippen LogP contribution in [0.2, 0.25) is 0 Å². The second-order valence-electron chi connectivity index (χ2n) is 7.57. The van der Waals surface area contributed by atoms with Crippen molar-refractivity contribution in [2.75, 3.05) is 32.1 Å². The van der Waals surface area contributed by atoms with Gasteiger partial charge in [0.1, 0.15) is 4.88 Å². The number of aryl methyl sites for hydroxylation is 2. The Morgan fingerprint density at radius 3 is 2.85 bits per heavy atom. The number of para-hydroxylation sites is 1. The molecule has 1 aromatic carbocycles. The average molecular weight is 383 g/mol. The normalized spacial score (nSPS) is 18.1. The fraction of sp³-hybridized carbons (Fsp3) is 0.429. The Morgan fingerprint density at radius 2 is 2.07 bits per heavy atom. The van der Waals surface area contributed by atoms with Gasteiger partial charge in [0.15, 0.2) is 0 Å². The number of thiazole rings is 1. The van der Waals surface area contributed by atoms with Gasteiger partial charge in [-0.15, -0.1) is 11.3 Å². The van der Waals surface area contributed by atoms with E-state index in [4.69, 9.17) is 4.98 Å². The van der Waals surface area contributed by atoms with E-state index in [-0.39, 0.29) is 5.91 Å². The number of fused-ring (bicyclic) bond motifs is 1. The molecule has 27 heavy (non-hydrogen) atoms. The highest BCUT2D eigenvalue weighted by molar-refractivity contribution is 7.14. The predicted molar refractivity (Wildman–Crippen MR) is 112 cm³/mol. The molecule has 5 nitrogen and oxygen atoms in total. The first-order valence-electron chi connectivity index (χ1n) is 9.43. The van der Waals surface area contributed by atoms with Crippen LogP contribution in [0, 0.1) is 6.92 Å². The fourth-order valence-corrected chi connectivity index (χ4v) is 5.18. The molecule has 2 aromatic heterocycles. The van der Waals surface area contributed by atoms with Gasteiger partial charge in [0.25, 0.3) is 5.91 Å². The van der Waals surface area contributed by atoms with Gasteiger partial charge in [0.2, 0.25) is 0 Å². The summed E-state index contributed by atoms with van der Waals surface area (Å²) in [5.74, 6) is 0.466. The lowest BCUT2D eigenvalue weighted by molar-refractivity contribution is 0.0996. The molecule has 3 heterocycles. The highest BCUT2D eigenvalue weighted by Gasteiger charge is 2.27. The van der Waals surface area contributed by atoms with Crippen LogP contribution in [-0.4, -0.2) is 47.5 Å². The number of carbonyl (C=O) groups is 1. The van der Waals surface area contributed by atoms with Gasteiger partial charge in [-0.1, -0.05) is 18.2 Å². The third kappa shape index (κ3) is 3.28. The number of aromatic nitrogens is 2. The van der Waals surface area contributed by atoms with Crippen molar-refractivity contribution in [3.8, 4) is 0 Å². The van der Waals surface area contributed by atoms with Crippen molar-refractivity contribution < 1.29 is 4.79 Å². The van der Waals surface area contributed by atoms with Crippen LogP contribution >= 0.6 is 11.3 Å². The zero-order chi connectivity index (χ0) is 19.1. The Labute approximate surface area is 164 Å². The minimum Gasteiger partial charge on any atom is -0.348 e. The summed E-state index contributed by atoms with van der Waals surface area (Å²) in [6, 6.07) is 8.18. The number of likely N-dealkylation sites (tertiary alicyclic amines) is 1. The maximum Gasteiger partial charge on any atom is 0.270 e. The first kappa shape index (κ1) is 18.2. The molecule has 0 spiro atoms. The van der Waals surface area contributed by atoms with E-state index < -0.39 is 0 Å². The number of hydrogen-bond donors (Lipinski definition) is 0. The van der Waals surface area contributed by atoms with Crippen molar-refractivity contribution in [3.63, 3.8) is 0 Å². The molecule has 6 heteroatoms. The Balaban J connectivity index is 1.64. The van der Waals surface area contributed by atoms with E-state index in [1.807, 2.05) is 39.3 Å². The summed E-state index contributed by atoms with van der Waals surface area (Å²) in [4.78, 5) is 22.9. The van der Waals surface area contributed by atoms with Crippen LogP contribution in [0.25, 0.3) is 10.9 Å². The Hall–Kier alpha value is -2.18. The van der Waals surface area contributed by atoms with E-state index in [9.17, 15) is 4.79 Å². The van der Waals surface area contributed by atoms with Crippen LogP contribution in [-0.2, 0) is 7.05 Å². The van der Waals surface area contributed by atoms with Gasteiger partial charge in [-0.3, -0.25) is 4.79 Å². The molecule has 0 radical (unpaired) electrons. The smallest absolute Gasteiger partial charge is 0.270 e. The number of rotatable bonds is 3. The number of anilines is 1. The molecule has 1 aliphatic rings. The first-order chi connectivity index (χ1) is 13.0. The topological polar surface area (TPSA) is 41.4 Å². The molecular formula is C21H26N4OS. The number of nitrogens with zero attached hydrogens (tertiary/aromatic N) is 4. The summed E-state index contributed by atoms with van der Waals surface area (Å²) in [6.45, 7) is 4.13. The molecule has 1 saturated heterocycles. The maximum atomic E-state index is 13.3. The van der Waals surface area contributed by atoms with Crippen molar-refractivity contribution in [2.24, 2.45) is 7.05 Å². The molecule has 1 aliphatic heterocycles. The summed E-state index contributed by atoms with van der Waals surface area (Å²) in [6.07, 6.45) is 4.37. The van der Waals surface area contributed by atoms with Crippen molar-refractivity contribution in [1.29, 1.82) is 0 Å². The Bertz CT molecular complexity index is 989. The molecule has 0 N–H and O–H groups in total. The van der Waals surface area contributed by atoms with Crippen LogP contribution in [0.4, 0.5) is 5.69 Å².